The zero-order valence-corrected chi connectivity index (χ0v) is 17.7. The van der Waals surface area contributed by atoms with Crippen molar-refractivity contribution in [3.05, 3.63) is 41.2 Å². The lowest BCUT2D eigenvalue weighted by Gasteiger charge is -2.58. The number of nitrogens with two attached hydrogens (primary N) is 1. The molecule has 3 fully saturated rings. The summed E-state index contributed by atoms with van der Waals surface area (Å²) >= 11 is 0. The minimum atomic E-state index is -0.320. The highest BCUT2D eigenvalue weighted by Crippen LogP contribution is 2.68. The molecular weight excluding hydrogens is 360 g/mol. The Bertz CT molecular complexity index is 850. The van der Waals surface area contributed by atoms with Gasteiger partial charge in [-0.25, -0.2) is 0 Å². The monoisotopic (exact) mass is 394 g/mol. The van der Waals surface area contributed by atoms with E-state index in [2.05, 4.69) is 37.2 Å². The Hall–Kier alpha value is -1.68. The fourth-order valence-electron chi connectivity index (χ4n) is 8.17. The third kappa shape index (κ3) is 2.74. The molecule has 1 aromatic rings. The Labute approximate surface area is 174 Å². The normalized spacial score (nSPS) is 44.0. The van der Waals surface area contributed by atoms with Crippen molar-refractivity contribution in [2.45, 2.75) is 77.2 Å². The molecule has 29 heavy (non-hydrogen) atoms. The number of hydrogen-bond donors (Lipinski definition) is 2. The lowest BCUT2D eigenvalue weighted by atomic mass is 9.46. The summed E-state index contributed by atoms with van der Waals surface area (Å²) in [6.07, 6.45) is 11.8. The van der Waals surface area contributed by atoms with Gasteiger partial charge in [0.15, 0.2) is 0 Å². The van der Waals surface area contributed by atoms with E-state index in [4.69, 9.17) is 5.73 Å². The van der Waals surface area contributed by atoms with Crippen LogP contribution in [0.15, 0.2) is 35.7 Å². The molecule has 7 atom stereocenters. The summed E-state index contributed by atoms with van der Waals surface area (Å²) in [5, 5.41) is 10.3. The highest BCUT2D eigenvalue weighted by molar-refractivity contribution is 5.93. The fraction of sp³-hybridized carbons (Fsp3) is 0.680. The van der Waals surface area contributed by atoms with Crippen molar-refractivity contribution in [2.75, 3.05) is 0 Å². The first-order valence-corrected chi connectivity index (χ1v) is 11.4. The summed E-state index contributed by atoms with van der Waals surface area (Å²) in [4.78, 5) is 16.9. The molecule has 0 bridgehead atoms. The van der Waals surface area contributed by atoms with E-state index in [1.54, 1.807) is 0 Å². The highest BCUT2D eigenvalue weighted by atomic mass is 16.3. The number of carbonyl (C=O) groups is 1. The Morgan fingerprint density at radius 3 is 2.69 bits per heavy atom. The minimum Gasteiger partial charge on any atom is -0.393 e. The van der Waals surface area contributed by atoms with Crippen LogP contribution in [0.5, 0.6) is 0 Å². The number of nitrogens with zero attached hydrogens (tertiary/aromatic N) is 1. The number of aromatic nitrogens is 1. The Morgan fingerprint density at radius 2 is 1.97 bits per heavy atom. The number of amides is 1. The van der Waals surface area contributed by atoms with Gasteiger partial charge >= 0.3 is 0 Å². The van der Waals surface area contributed by atoms with Crippen molar-refractivity contribution in [2.24, 2.45) is 34.3 Å². The molecule has 5 rings (SSSR count). The maximum Gasteiger partial charge on any atom is 0.244 e. The van der Waals surface area contributed by atoms with E-state index >= 15 is 0 Å². The van der Waals surface area contributed by atoms with Crippen molar-refractivity contribution in [1.29, 1.82) is 0 Å². The molecule has 1 heterocycles. The van der Waals surface area contributed by atoms with Gasteiger partial charge in [0.05, 0.1) is 6.10 Å². The molecular formula is C25H34N2O2. The first-order valence-electron chi connectivity index (χ1n) is 11.4. The molecule has 156 valence electrons. The maximum absolute atomic E-state index is 12.5. The molecule has 4 nitrogen and oxygen atoms in total. The summed E-state index contributed by atoms with van der Waals surface area (Å²) < 4.78 is 0. The SMILES string of the molecule is C[C@]12CC[C@H](O)CC1=C(C(N)=O)C[C@@H]1[C@@H]2CC[C@]2(C)C(c3cccnc3)CC[C@@H]12. The average molecular weight is 395 g/mol. The van der Waals surface area contributed by atoms with Gasteiger partial charge in [-0.2, -0.15) is 0 Å². The third-order valence-corrected chi connectivity index (χ3v) is 9.57. The van der Waals surface area contributed by atoms with E-state index in [1.807, 2.05) is 6.20 Å². The van der Waals surface area contributed by atoms with E-state index in [9.17, 15) is 9.90 Å². The number of carbonyl (C=O) groups excluding carboxylic acids is 1. The van der Waals surface area contributed by atoms with Gasteiger partial charge in [-0.05, 0) is 97.5 Å². The molecule has 4 heteroatoms. The summed E-state index contributed by atoms with van der Waals surface area (Å²) in [6.45, 7) is 4.86. The third-order valence-electron chi connectivity index (χ3n) is 9.57. The molecule has 3 saturated carbocycles. The smallest absolute Gasteiger partial charge is 0.244 e. The second-order valence-corrected chi connectivity index (χ2v) is 10.7. The molecule has 1 unspecified atom stereocenters. The van der Waals surface area contributed by atoms with Gasteiger partial charge in [0, 0.05) is 18.0 Å². The van der Waals surface area contributed by atoms with Crippen LogP contribution in [0.3, 0.4) is 0 Å². The average Bonchev–Trinajstić information content (AvgIpc) is 3.06. The van der Waals surface area contributed by atoms with Crippen molar-refractivity contribution in [3.8, 4) is 0 Å². The largest absolute Gasteiger partial charge is 0.393 e. The first-order chi connectivity index (χ1) is 13.8. The second kappa shape index (κ2) is 6.66. The molecule has 0 aliphatic heterocycles. The molecule has 0 spiro atoms. The number of primary amides is 1. The lowest BCUT2D eigenvalue weighted by Crippen LogP contribution is -2.52. The van der Waals surface area contributed by atoms with Crippen LogP contribution in [0.25, 0.3) is 0 Å². The zero-order valence-electron chi connectivity index (χ0n) is 17.7. The van der Waals surface area contributed by atoms with Gasteiger partial charge in [-0.3, -0.25) is 9.78 Å². The summed E-state index contributed by atoms with van der Waals surface area (Å²) in [5.74, 6) is 2.07. The van der Waals surface area contributed by atoms with Crippen LogP contribution < -0.4 is 5.73 Å². The number of hydrogen-bond acceptors (Lipinski definition) is 3. The van der Waals surface area contributed by atoms with Crippen LogP contribution in [-0.2, 0) is 4.79 Å². The second-order valence-electron chi connectivity index (χ2n) is 10.7. The quantitative estimate of drug-likeness (QED) is 0.783. The number of rotatable bonds is 2. The van der Waals surface area contributed by atoms with Gasteiger partial charge in [0.25, 0.3) is 0 Å². The lowest BCUT2D eigenvalue weighted by molar-refractivity contribution is -0.116. The van der Waals surface area contributed by atoms with E-state index < -0.39 is 0 Å². The van der Waals surface area contributed by atoms with Crippen molar-refractivity contribution >= 4 is 5.91 Å². The van der Waals surface area contributed by atoms with E-state index in [1.165, 1.54) is 36.8 Å². The Balaban J connectivity index is 1.54. The standard InChI is InChI=1S/C25H34N2O2/c1-24-10-8-21-17(20(24)6-5-19(24)15-4-3-11-27-14-15)13-18(23(26)29)22-12-16(28)7-9-25(21,22)2/h3-4,11,14,16-17,19-21,28H,5-10,12-13H2,1-2H3,(H2,26,29)/t16-,17-,19?,20-,21-,24+,25+/m0/s1. The fourth-order valence-corrected chi connectivity index (χ4v) is 8.17. The number of pyridine rings is 1. The highest BCUT2D eigenvalue weighted by Gasteiger charge is 2.60. The van der Waals surface area contributed by atoms with Gasteiger partial charge in [0.1, 0.15) is 0 Å². The van der Waals surface area contributed by atoms with Crippen LogP contribution in [0.4, 0.5) is 0 Å². The predicted molar refractivity (Wildman–Crippen MR) is 113 cm³/mol. The summed E-state index contributed by atoms with van der Waals surface area (Å²) in [5.41, 5.74) is 9.62. The number of fused-ring (bicyclic) bond motifs is 5. The van der Waals surface area contributed by atoms with Gasteiger partial charge in [-0.15, -0.1) is 0 Å². The van der Waals surface area contributed by atoms with Crippen molar-refractivity contribution in [1.82, 2.24) is 4.98 Å². The van der Waals surface area contributed by atoms with Gasteiger partial charge < -0.3 is 10.8 Å². The predicted octanol–water partition coefficient (Wildman–Crippen LogP) is 4.34. The topological polar surface area (TPSA) is 76.2 Å². The van der Waals surface area contributed by atoms with E-state index in [0.29, 0.717) is 30.1 Å². The van der Waals surface area contributed by atoms with Crippen molar-refractivity contribution < 1.29 is 9.90 Å². The Kier molecular flexibility index (Phi) is 4.43. The van der Waals surface area contributed by atoms with E-state index in [-0.39, 0.29) is 22.8 Å². The van der Waals surface area contributed by atoms with Gasteiger partial charge in [0.2, 0.25) is 5.91 Å². The van der Waals surface area contributed by atoms with Gasteiger partial charge in [-0.1, -0.05) is 25.5 Å². The summed E-state index contributed by atoms with van der Waals surface area (Å²) in [6, 6.07) is 4.31. The van der Waals surface area contributed by atoms with Crippen LogP contribution >= 0.6 is 0 Å². The number of aliphatic hydroxyl groups excluding tert-OH is 1. The molecule has 1 aromatic heterocycles. The molecule has 0 radical (unpaired) electrons. The van der Waals surface area contributed by atoms with E-state index in [0.717, 1.165) is 24.8 Å². The first kappa shape index (κ1) is 19.3. The summed E-state index contributed by atoms with van der Waals surface area (Å²) in [7, 11) is 0. The molecule has 4 aliphatic carbocycles. The van der Waals surface area contributed by atoms with Crippen LogP contribution in [0, 0.1) is 28.6 Å². The molecule has 4 aliphatic rings. The Morgan fingerprint density at radius 1 is 1.14 bits per heavy atom. The number of aliphatic hydroxyl groups is 1. The molecule has 3 N–H and O–H groups in total. The molecule has 0 saturated heterocycles. The van der Waals surface area contributed by atoms with Crippen LogP contribution in [0.2, 0.25) is 0 Å². The zero-order chi connectivity index (χ0) is 20.4. The molecule has 1 amide bonds. The minimum absolute atomic E-state index is 0.0280. The molecule has 0 aromatic carbocycles. The van der Waals surface area contributed by atoms with Crippen molar-refractivity contribution in [3.63, 3.8) is 0 Å². The van der Waals surface area contributed by atoms with Crippen LogP contribution in [-0.4, -0.2) is 22.1 Å². The van der Waals surface area contributed by atoms with Crippen LogP contribution in [0.1, 0.15) is 76.7 Å². The maximum atomic E-state index is 12.5.